The maximum atomic E-state index is 11.7. The van der Waals surface area contributed by atoms with Crippen molar-refractivity contribution in [3.8, 4) is 0 Å². The Bertz CT molecular complexity index is 421. The zero-order chi connectivity index (χ0) is 12.3. The number of halogens is 1. The average Bonchev–Trinajstić information content (AvgIpc) is 2.16. The van der Waals surface area contributed by atoms with E-state index >= 15 is 0 Å². The number of hydrogen-bond donors (Lipinski definition) is 1. The lowest BCUT2D eigenvalue weighted by Crippen LogP contribution is -2.38. The van der Waals surface area contributed by atoms with E-state index in [1.165, 1.54) is 6.07 Å². The molecule has 0 aliphatic heterocycles. The molecule has 4 heteroatoms. The molecule has 86 valence electrons. The second-order valence-electron chi connectivity index (χ2n) is 4.54. The minimum atomic E-state index is -0.589. The summed E-state index contributed by atoms with van der Waals surface area (Å²) in [5.74, 6) is -0.736. The maximum Gasteiger partial charge on any atom is 0.257 e. The van der Waals surface area contributed by atoms with E-state index in [-0.39, 0.29) is 5.91 Å². The summed E-state index contributed by atoms with van der Waals surface area (Å²) in [5, 5.41) is 2.80. The van der Waals surface area contributed by atoms with E-state index in [0.29, 0.717) is 10.6 Å². The highest BCUT2D eigenvalue weighted by molar-refractivity contribution is 6.31. The van der Waals surface area contributed by atoms with Crippen LogP contribution in [0.4, 0.5) is 0 Å². The molecular formula is C12H14ClNO2. The Balaban J connectivity index is 2.78. The molecule has 0 aromatic heterocycles. The van der Waals surface area contributed by atoms with Gasteiger partial charge in [0.2, 0.25) is 5.91 Å². The van der Waals surface area contributed by atoms with Gasteiger partial charge in [-0.25, -0.2) is 0 Å². The second-order valence-corrected chi connectivity index (χ2v) is 4.98. The Hall–Kier alpha value is -1.35. The Labute approximate surface area is 99.8 Å². The van der Waals surface area contributed by atoms with Crippen molar-refractivity contribution in [3.05, 3.63) is 34.9 Å². The van der Waals surface area contributed by atoms with Gasteiger partial charge in [0.1, 0.15) is 0 Å². The molecule has 0 saturated heterocycles. The minimum absolute atomic E-state index is 0.308. The third kappa shape index (κ3) is 3.35. The monoisotopic (exact) mass is 239 g/mol. The first-order valence-electron chi connectivity index (χ1n) is 4.92. The third-order valence-corrected chi connectivity index (χ3v) is 2.23. The van der Waals surface area contributed by atoms with Gasteiger partial charge in [-0.1, -0.05) is 38.4 Å². The van der Waals surface area contributed by atoms with Crippen LogP contribution in [0.25, 0.3) is 0 Å². The van der Waals surface area contributed by atoms with Gasteiger partial charge in [-0.15, -0.1) is 0 Å². The van der Waals surface area contributed by atoms with Gasteiger partial charge in [0.05, 0.1) is 0 Å². The molecule has 1 N–H and O–H groups in total. The zero-order valence-electron chi connectivity index (χ0n) is 9.50. The van der Waals surface area contributed by atoms with Crippen molar-refractivity contribution in [1.29, 1.82) is 0 Å². The fourth-order valence-electron chi connectivity index (χ4n) is 0.993. The van der Waals surface area contributed by atoms with Gasteiger partial charge < -0.3 is 0 Å². The van der Waals surface area contributed by atoms with Crippen LogP contribution in [0, 0.1) is 5.41 Å². The number of hydrogen-bond acceptors (Lipinski definition) is 2. The number of amides is 2. The second kappa shape index (κ2) is 4.66. The van der Waals surface area contributed by atoms with E-state index in [1.54, 1.807) is 39.0 Å². The summed E-state index contributed by atoms with van der Waals surface area (Å²) >= 11 is 5.75. The molecule has 0 fully saturated rings. The van der Waals surface area contributed by atoms with Gasteiger partial charge in [0.15, 0.2) is 0 Å². The standard InChI is InChI=1S/C12H14ClNO2/c1-12(2,3)11(16)14-10(15)8-5-4-6-9(13)7-8/h4-7H,1-3H3,(H,14,15,16). The third-order valence-electron chi connectivity index (χ3n) is 2.00. The van der Waals surface area contributed by atoms with Crippen LogP contribution in [0.1, 0.15) is 31.1 Å². The van der Waals surface area contributed by atoms with Crippen molar-refractivity contribution in [3.63, 3.8) is 0 Å². The number of carbonyl (C=O) groups excluding carboxylic acids is 2. The van der Waals surface area contributed by atoms with Crippen LogP contribution in [0.5, 0.6) is 0 Å². The van der Waals surface area contributed by atoms with Crippen molar-refractivity contribution in [2.45, 2.75) is 20.8 Å². The molecule has 0 saturated carbocycles. The summed E-state index contributed by atoms with van der Waals surface area (Å²) in [4.78, 5) is 23.2. The molecule has 0 bridgehead atoms. The van der Waals surface area contributed by atoms with E-state index in [2.05, 4.69) is 5.32 Å². The summed E-state index contributed by atoms with van der Waals surface area (Å²) in [6.45, 7) is 5.23. The van der Waals surface area contributed by atoms with Gasteiger partial charge in [-0.2, -0.15) is 0 Å². The van der Waals surface area contributed by atoms with Crippen molar-refractivity contribution < 1.29 is 9.59 Å². The summed E-state index contributed by atoms with van der Waals surface area (Å²) < 4.78 is 0. The van der Waals surface area contributed by atoms with Gasteiger partial charge >= 0.3 is 0 Å². The van der Waals surface area contributed by atoms with E-state index in [4.69, 9.17) is 11.6 Å². The SMILES string of the molecule is CC(C)(C)C(=O)NC(=O)c1cccc(Cl)c1. The van der Waals surface area contributed by atoms with Crippen LogP contribution >= 0.6 is 11.6 Å². The lowest BCUT2D eigenvalue weighted by atomic mass is 9.95. The lowest BCUT2D eigenvalue weighted by molar-refractivity contribution is -0.127. The summed E-state index contributed by atoms with van der Waals surface area (Å²) in [5.41, 5.74) is -0.209. The minimum Gasteiger partial charge on any atom is -0.292 e. The molecule has 0 atom stereocenters. The molecule has 3 nitrogen and oxygen atoms in total. The molecule has 0 unspecified atom stereocenters. The van der Waals surface area contributed by atoms with Gasteiger partial charge in [0, 0.05) is 16.0 Å². The van der Waals surface area contributed by atoms with Crippen molar-refractivity contribution >= 4 is 23.4 Å². The first-order chi connectivity index (χ1) is 7.30. The van der Waals surface area contributed by atoms with E-state index in [0.717, 1.165) is 0 Å². The van der Waals surface area contributed by atoms with Crippen molar-refractivity contribution in [2.75, 3.05) is 0 Å². The molecule has 0 spiro atoms. The highest BCUT2D eigenvalue weighted by Crippen LogP contribution is 2.14. The molecule has 16 heavy (non-hydrogen) atoms. The topological polar surface area (TPSA) is 46.2 Å². The molecule has 0 heterocycles. The van der Waals surface area contributed by atoms with Crippen molar-refractivity contribution in [1.82, 2.24) is 5.32 Å². The average molecular weight is 240 g/mol. The summed E-state index contributed by atoms with van der Waals surface area (Å²) in [6.07, 6.45) is 0. The fraction of sp³-hybridized carbons (Fsp3) is 0.333. The zero-order valence-corrected chi connectivity index (χ0v) is 10.3. The maximum absolute atomic E-state index is 11.7. The molecule has 0 aliphatic rings. The number of benzene rings is 1. The van der Waals surface area contributed by atoms with E-state index in [9.17, 15) is 9.59 Å². The molecule has 1 aromatic carbocycles. The van der Waals surface area contributed by atoms with Crippen LogP contribution in [0.15, 0.2) is 24.3 Å². The lowest BCUT2D eigenvalue weighted by Gasteiger charge is -2.16. The van der Waals surface area contributed by atoms with Crippen LogP contribution in [0.2, 0.25) is 5.02 Å². The highest BCUT2D eigenvalue weighted by Gasteiger charge is 2.23. The quantitative estimate of drug-likeness (QED) is 0.819. The van der Waals surface area contributed by atoms with E-state index < -0.39 is 11.3 Å². The normalized spacial score (nSPS) is 11.0. The number of rotatable bonds is 1. The van der Waals surface area contributed by atoms with Gasteiger partial charge in [-0.05, 0) is 18.2 Å². The van der Waals surface area contributed by atoms with Crippen LogP contribution in [-0.2, 0) is 4.79 Å². The Morgan fingerprint density at radius 2 is 1.88 bits per heavy atom. The smallest absolute Gasteiger partial charge is 0.257 e. The van der Waals surface area contributed by atoms with Crippen LogP contribution in [0.3, 0.4) is 0 Å². The van der Waals surface area contributed by atoms with Gasteiger partial charge in [-0.3, -0.25) is 14.9 Å². The predicted octanol–water partition coefficient (Wildman–Crippen LogP) is 2.64. The summed E-state index contributed by atoms with van der Waals surface area (Å²) in [6, 6.07) is 6.46. The molecule has 0 aliphatic carbocycles. The van der Waals surface area contributed by atoms with Gasteiger partial charge in [0.25, 0.3) is 5.91 Å². The molecule has 0 radical (unpaired) electrons. The number of nitrogens with one attached hydrogen (secondary N) is 1. The highest BCUT2D eigenvalue weighted by atomic mass is 35.5. The Kier molecular flexibility index (Phi) is 3.70. The molecule has 1 aromatic rings. The Morgan fingerprint density at radius 3 is 2.38 bits per heavy atom. The fourth-order valence-corrected chi connectivity index (χ4v) is 1.18. The Morgan fingerprint density at radius 1 is 1.25 bits per heavy atom. The number of carbonyl (C=O) groups is 2. The summed E-state index contributed by atoms with van der Waals surface area (Å²) in [7, 11) is 0. The first kappa shape index (κ1) is 12.7. The number of imide groups is 1. The predicted molar refractivity (Wildman–Crippen MR) is 63.4 cm³/mol. The van der Waals surface area contributed by atoms with Crippen LogP contribution < -0.4 is 5.32 Å². The van der Waals surface area contributed by atoms with E-state index in [1.807, 2.05) is 0 Å². The van der Waals surface area contributed by atoms with Crippen molar-refractivity contribution in [2.24, 2.45) is 5.41 Å². The molecule has 1 rings (SSSR count). The molecule has 2 amide bonds. The largest absolute Gasteiger partial charge is 0.292 e. The molecular weight excluding hydrogens is 226 g/mol. The van der Waals surface area contributed by atoms with Crippen LogP contribution in [-0.4, -0.2) is 11.8 Å². The first-order valence-corrected chi connectivity index (χ1v) is 5.30.